The molecule has 4 rings (SSSR count). The number of hydrogen-bond acceptors (Lipinski definition) is 5. The molecule has 0 atom stereocenters. The van der Waals surface area contributed by atoms with Crippen LogP contribution in [0.4, 0.5) is 5.69 Å². The Balaban J connectivity index is 1.52. The number of benzene rings is 2. The van der Waals surface area contributed by atoms with Crippen molar-refractivity contribution >= 4 is 34.3 Å². The summed E-state index contributed by atoms with van der Waals surface area (Å²) in [6.45, 7) is 1.84. The number of aryl methyl sites for hydroxylation is 1. The first-order chi connectivity index (χ1) is 13.6. The summed E-state index contributed by atoms with van der Waals surface area (Å²) in [5.74, 6) is 0.548. The molecule has 140 valence electrons. The molecule has 0 saturated carbocycles. The van der Waals surface area contributed by atoms with Gasteiger partial charge in [0.1, 0.15) is 5.58 Å². The summed E-state index contributed by atoms with van der Waals surface area (Å²) in [7, 11) is 0. The number of carbonyl (C=O) groups excluding carboxylic acids is 1. The van der Waals surface area contributed by atoms with Crippen LogP contribution in [0.5, 0.6) is 0 Å². The fourth-order valence-corrected chi connectivity index (χ4v) is 3.82. The number of thioether (sulfide) groups is 1. The van der Waals surface area contributed by atoms with Gasteiger partial charge in [-0.1, -0.05) is 18.2 Å². The van der Waals surface area contributed by atoms with E-state index in [1.54, 1.807) is 30.0 Å². The Morgan fingerprint density at radius 2 is 1.89 bits per heavy atom. The Hall–Kier alpha value is -3.25. The maximum atomic E-state index is 12.7. The third kappa shape index (κ3) is 3.87. The van der Waals surface area contributed by atoms with Crippen LogP contribution in [0, 0.1) is 6.92 Å². The van der Waals surface area contributed by atoms with E-state index in [1.807, 2.05) is 43.3 Å². The predicted molar refractivity (Wildman–Crippen MR) is 110 cm³/mol. The zero-order valence-corrected chi connectivity index (χ0v) is 15.9. The number of amides is 1. The van der Waals surface area contributed by atoms with Crippen LogP contribution in [0.15, 0.2) is 85.5 Å². The molecule has 0 spiro atoms. The Bertz CT molecular complexity index is 1190. The Kier molecular flexibility index (Phi) is 5.04. The van der Waals surface area contributed by atoms with Crippen molar-refractivity contribution in [3.63, 3.8) is 0 Å². The summed E-state index contributed by atoms with van der Waals surface area (Å²) in [4.78, 5) is 25.4. The van der Waals surface area contributed by atoms with Crippen LogP contribution in [-0.4, -0.2) is 5.91 Å². The fraction of sp³-hybridized carbons (Fsp3) is 0.0909. The molecule has 1 amide bonds. The van der Waals surface area contributed by atoms with Crippen LogP contribution in [-0.2, 0) is 5.75 Å². The second-order valence-electron chi connectivity index (χ2n) is 6.29. The maximum absolute atomic E-state index is 12.7. The van der Waals surface area contributed by atoms with Gasteiger partial charge in [0.25, 0.3) is 5.91 Å². The van der Waals surface area contributed by atoms with Gasteiger partial charge in [-0.05, 0) is 42.8 Å². The third-order valence-corrected chi connectivity index (χ3v) is 5.36. The average Bonchev–Trinajstić information content (AvgIpc) is 3.15. The first-order valence-electron chi connectivity index (χ1n) is 8.70. The van der Waals surface area contributed by atoms with Crippen LogP contribution >= 0.6 is 11.8 Å². The predicted octanol–water partition coefficient (Wildman–Crippen LogP) is 5.24. The number of nitrogens with one attached hydrogen (secondary N) is 1. The zero-order chi connectivity index (χ0) is 19.5. The Morgan fingerprint density at radius 1 is 1.07 bits per heavy atom. The molecule has 28 heavy (non-hydrogen) atoms. The largest absolute Gasteiger partial charge is 0.459 e. The Labute approximate surface area is 165 Å². The number of carbonyl (C=O) groups is 1. The topological polar surface area (TPSA) is 72.5 Å². The number of hydrogen-bond donors (Lipinski definition) is 1. The van der Waals surface area contributed by atoms with Gasteiger partial charge in [0.15, 0.2) is 5.76 Å². The summed E-state index contributed by atoms with van der Waals surface area (Å²) in [6.07, 6.45) is 1.51. The van der Waals surface area contributed by atoms with Gasteiger partial charge < -0.3 is 14.2 Å². The molecule has 0 fully saturated rings. The lowest BCUT2D eigenvalue weighted by molar-refractivity contribution is 0.0996. The molecule has 0 bridgehead atoms. The number of anilines is 1. The normalized spacial score (nSPS) is 10.9. The molecular weight excluding hydrogens is 374 g/mol. The van der Waals surface area contributed by atoms with Crippen molar-refractivity contribution in [1.29, 1.82) is 0 Å². The summed E-state index contributed by atoms with van der Waals surface area (Å²) in [5, 5.41) is 3.64. The zero-order valence-electron chi connectivity index (χ0n) is 15.1. The van der Waals surface area contributed by atoms with E-state index < -0.39 is 5.63 Å². The highest BCUT2D eigenvalue weighted by molar-refractivity contribution is 7.98. The second kappa shape index (κ2) is 7.78. The van der Waals surface area contributed by atoms with Crippen molar-refractivity contribution in [3.05, 3.63) is 94.2 Å². The molecule has 0 aliphatic rings. The SMILES string of the molecule is Cc1cc(=O)oc2cc(NC(=O)c3occc3CSc3ccccc3)ccc12. The van der Waals surface area contributed by atoms with Crippen LogP contribution < -0.4 is 10.9 Å². The molecule has 6 heteroatoms. The molecule has 1 N–H and O–H groups in total. The first kappa shape index (κ1) is 18.1. The summed E-state index contributed by atoms with van der Waals surface area (Å²) >= 11 is 1.63. The monoisotopic (exact) mass is 391 g/mol. The molecule has 0 aliphatic carbocycles. The van der Waals surface area contributed by atoms with Gasteiger partial charge >= 0.3 is 5.63 Å². The molecule has 0 aliphatic heterocycles. The minimum absolute atomic E-state index is 0.272. The van der Waals surface area contributed by atoms with Gasteiger partial charge in [0.05, 0.1) is 6.26 Å². The summed E-state index contributed by atoms with van der Waals surface area (Å²) < 4.78 is 10.6. The second-order valence-corrected chi connectivity index (χ2v) is 7.34. The van der Waals surface area contributed by atoms with Crippen molar-refractivity contribution in [2.24, 2.45) is 0 Å². The number of rotatable bonds is 5. The van der Waals surface area contributed by atoms with E-state index in [2.05, 4.69) is 5.32 Å². The minimum Gasteiger partial charge on any atom is -0.459 e. The highest BCUT2D eigenvalue weighted by Gasteiger charge is 2.16. The molecule has 2 heterocycles. The standard InChI is InChI=1S/C22H17NO4S/c1-14-11-20(24)27-19-12-16(7-8-18(14)19)23-22(25)21-15(9-10-26-21)13-28-17-5-3-2-4-6-17/h2-12H,13H2,1H3,(H,23,25). The average molecular weight is 391 g/mol. The number of furan rings is 1. The van der Waals surface area contributed by atoms with E-state index >= 15 is 0 Å². The smallest absolute Gasteiger partial charge is 0.336 e. The maximum Gasteiger partial charge on any atom is 0.336 e. The van der Waals surface area contributed by atoms with Crippen molar-refractivity contribution in [3.8, 4) is 0 Å². The minimum atomic E-state index is -0.417. The van der Waals surface area contributed by atoms with Crippen molar-refractivity contribution in [2.75, 3.05) is 5.32 Å². The highest BCUT2D eigenvalue weighted by Crippen LogP contribution is 2.26. The quantitative estimate of drug-likeness (QED) is 0.372. The fourth-order valence-electron chi connectivity index (χ4n) is 2.92. The first-order valence-corrected chi connectivity index (χ1v) is 9.69. The molecule has 0 unspecified atom stereocenters. The molecule has 0 radical (unpaired) electrons. The number of fused-ring (bicyclic) bond motifs is 1. The van der Waals surface area contributed by atoms with E-state index in [0.717, 1.165) is 21.4 Å². The lowest BCUT2D eigenvalue weighted by Gasteiger charge is -2.07. The van der Waals surface area contributed by atoms with E-state index in [4.69, 9.17) is 8.83 Å². The molecule has 4 aromatic rings. The van der Waals surface area contributed by atoms with E-state index in [1.165, 1.54) is 12.3 Å². The lowest BCUT2D eigenvalue weighted by Crippen LogP contribution is -2.12. The van der Waals surface area contributed by atoms with Crippen LogP contribution in [0.2, 0.25) is 0 Å². The van der Waals surface area contributed by atoms with Gasteiger partial charge in [-0.25, -0.2) is 4.79 Å². The van der Waals surface area contributed by atoms with E-state index in [9.17, 15) is 9.59 Å². The Morgan fingerprint density at radius 3 is 2.71 bits per heavy atom. The van der Waals surface area contributed by atoms with Crippen LogP contribution in [0.3, 0.4) is 0 Å². The van der Waals surface area contributed by atoms with Gasteiger partial charge in [-0.3, -0.25) is 4.79 Å². The molecule has 0 saturated heterocycles. The van der Waals surface area contributed by atoms with Gasteiger partial charge in [-0.2, -0.15) is 0 Å². The van der Waals surface area contributed by atoms with Crippen LogP contribution in [0.1, 0.15) is 21.7 Å². The van der Waals surface area contributed by atoms with Crippen molar-refractivity contribution < 1.29 is 13.6 Å². The molecule has 5 nitrogen and oxygen atoms in total. The molecule has 2 aromatic carbocycles. The van der Waals surface area contributed by atoms with Crippen LogP contribution in [0.25, 0.3) is 11.0 Å². The molecule has 2 aromatic heterocycles. The van der Waals surface area contributed by atoms with Crippen molar-refractivity contribution in [1.82, 2.24) is 0 Å². The van der Waals surface area contributed by atoms with Gasteiger partial charge in [0, 0.05) is 39.4 Å². The van der Waals surface area contributed by atoms with E-state index in [-0.39, 0.29) is 11.7 Å². The van der Waals surface area contributed by atoms with Gasteiger partial charge in [-0.15, -0.1) is 11.8 Å². The van der Waals surface area contributed by atoms with Gasteiger partial charge in [0.2, 0.25) is 0 Å². The van der Waals surface area contributed by atoms with Crippen molar-refractivity contribution in [2.45, 2.75) is 17.6 Å². The molecular formula is C22H17NO4S. The third-order valence-electron chi connectivity index (χ3n) is 4.30. The van der Waals surface area contributed by atoms with E-state index in [0.29, 0.717) is 17.0 Å². The lowest BCUT2D eigenvalue weighted by atomic mass is 10.1. The summed E-state index contributed by atoms with van der Waals surface area (Å²) in [6, 6.07) is 18.4. The highest BCUT2D eigenvalue weighted by atomic mass is 32.2. The summed E-state index contributed by atoms with van der Waals surface area (Å²) in [5.41, 5.74) is 2.19.